The highest BCUT2D eigenvalue weighted by molar-refractivity contribution is 5.87. The summed E-state index contributed by atoms with van der Waals surface area (Å²) in [6.45, 7) is 6.90. The molecule has 0 aliphatic heterocycles. The van der Waals surface area contributed by atoms with Gasteiger partial charge in [0.2, 0.25) is 0 Å². The van der Waals surface area contributed by atoms with Crippen LogP contribution in [0, 0.1) is 46.3 Å². The van der Waals surface area contributed by atoms with E-state index < -0.39 is 5.97 Å². The van der Waals surface area contributed by atoms with E-state index in [0.717, 1.165) is 32.1 Å². The summed E-state index contributed by atoms with van der Waals surface area (Å²) in [5.41, 5.74) is 6.36. The molecule has 3 unspecified atom stereocenters. The molecule has 0 amide bonds. The van der Waals surface area contributed by atoms with Gasteiger partial charge in [0.25, 0.3) is 0 Å². The van der Waals surface area contributed by atoms with E-state index in [-0.39, 0.29) is 11.8 Å². The number of aliphatic carboxylic acids is 1. The van der Waals surface area contributed by atoms with Gasteiger partial charge >= 0.3 is 5.97 Å². The number of Topliss-reactive ketones (excluding diaryl/α,β-unsaturated/α-hetero) is 1. The molecule has 0 bridgehead atoms. The van der Waals surface area contributed by atoms with Crippen LogP contribution in [0.1, 0.15) is 85.0 Å². The second kappa shape index (κ2) is 7.11. The van der Waals surface area contributed by atoms with Crippen LogP contribution in [0.15, 0.2) is 0 Å². The minimum Gasteiger partial charge on any atom is -0.481 e. The number of hydrogen-bond acceptors (Lipinski definition) is 3. The van der Waals surface area contributed by atoms with Gasteiger partial charge in [-0.15, -0.1) is 0 Å². The quantitative estimate of drug-likeness (QED) is 0.733. The molecule has 4 heteroatoms. The summed E-state index contributed by atoms with van der Waals surface area (Å²) < 4.78 is 0. The van der Waals surface area contributed by atoms with Crippen LogP contribution in [-0.2, 0) is 9.59 Å². The minimum absolute atomic E-state index is 0.221. The van der Waals surface area contributed by atoms with E-state index in [0.29, 0.717) is 59.2 Å². The van der Waals surface area contributed by atoms with Crippen molar-refractivity contribution in [2.45, 2.75) is 91.0 Å². The standard InChI is InChI=1S/C24H39NO3/c1-14(4-9-22(27)28)18-7-8-19-17-6-5-15-12-16(25)10-11-23(15,2)20(17)13-21(26)24(18,19)3/h14-20H,4-13,25H2,1-3H3,(H,27,28)/t14?,15?,16?,17-,18+,19-,20-,23-,24+/m0/s1. The van der Waals surface area contributed by atoms with E-state index in [9.17, 15) is 9.59 Å². The van der Waals surface area contributed by atoms with Crippen molar-refractivity contribution in [3.8, 4) is 0 Å². The molecule has 0 saturated heterocycles. The Morgan fingerprint density at radius 1 is 1.18 bits per heavy atom. The van der Waals surface area contributed by atoms with Crippen LogP contribution in [0.5, 0.6) is 0 Å². The van der Waals surface area contributed by atoms with Crippen LogP contribution in [-0.4, -0.2) is 22.9 Å². The number of carboxylic acids is 1. The first kappa shape index (κ1) is 20.4. The largest absolute Gasteiger partial charge is 0.481 e. The van der Waals surface area contributed by atoms with Crippen molar-refractivity contribution in [1.29, 1.82) is 0 Å². The van der Waals surface area contributed by atoms with Gasteiger partial charge in [-0.05, 0) is 92.3 Å². The van der Waals surface area contributed by atoms with Crippen LogP contribution in [0.2, 0.25) is 0 Å². The third-order valence-electron chi connectivity index (χ3n) is 10.1. The van der Waals surface area contributed by atoms with Gasteiger partial charge in [0.1, 0.15) is 5.78 Å². The van der Waals surface area contributed by atoms with Gasteiger partial charge in [0.05, 0.1) is 0 Å². The lowest BCUT2D eigenvalue weighted by Crippen LogP contribution is -2.57. The molecule has 28 heavy (non-hydrogen) atoms. The maximum Gasteiger partial charge on any atom is 0.303 e. The Bertz CT molecular complexity index is 648. The summed E-state index contributed by atoms with van der Waals surface area (Å²) in [6.07, 6.45) is 9.92. The van der Waals surface area contributed by atoms with E-state index in [1.807, 2.05) is 0 Å². The molecule has 4 aliphatic rings. The fourth-order valence-corrected chi connectivity index (χ4v) is 8.49. The normalized spacial score (nSPS) is 49.1. The molecular formula is C24H39NO3. The number of nitrogens with two attached hydrogens (primary N) is 1. The lowest BCUT2D eigenvalue weighted by atomic mass is 9.44. The van der Waals surface area contributed by atoms with Crippen molar-refractivity contribution in [1.82, 2.24) is 0 Å². The molecule has 0 heterocycles. The molecule has 0 aromatic carbocycles. The van der Waals surface area contributed by atoms with Gasteiger partial charge in [-0.25, -0.2) is 0 Å². The Balaban J connectivity index is 1.57. The highest BCUT2D eigenvalue weighted by Crippen LogP contribution is 2.67. The summed E-state index contributed by atoms with van der Waals surface area (Å²) in [4.78, 5) is 24.7. The van der Waals surface area contributed by atoms with Crippen molar-refractivity contribution in [3.05, 3.63) is 0 Å². The Hall–Kier alpha value is -0.900. The topological polar surface area (TPSA) is 80.4 Å². The maximum absolute atomic E-state index is 13.6. The number of carbonyl (C=O) groups is 2. The summed E-state index contributed by atoms with van der Waals surface area (Å²) in [6, 6.07) is 0.352. The van der Waals surface area contributed by atoms with Crippen LogP contribution in [0.25, 0.3) is 0 Å². The fourth-order valence-electron chi connectivity index (χ4n) is 8.49. The van der Waals surface area contributed by atoms with E-state index in [4.69, 9.17) is 10.8 Å². The Kier molecular flexibility index (Phi) is 5.17. The third kappa shape index (κ3) is 2.97. The third-order valence-corrected chi connectivity index (χ3v) is 10.1. The number of ketones is 1. The number of hydrogen-bond donors (Lipinski definition) is 2. The molecule has 3 N–H and O–H groups in total. The smallest absolute Gasteiger partial charge is 0.303 e. The highest BCUT2D eigenvalue weighted by atomic mass is 16.4. The van der Waals surface area contributed by atoms with Crippen molar-refractivity contribution in [2.24, 2.45) is 52.1 Å². The van der Waals surface area contributed by atoms with Crippen LogP contribution in [0.3, 0.4) is 0 Å². The van der Waals surface area contributed by atoms with Crippen molar-refractivity contribution < 1.29 is 14.7 Å². The number of carbonyl (C=O) groups excluding carboxylic acids is 1. The number of fused-ring (bicyclic) bond motifs is 5. The lowest BCUT2D eigenvalue weighted by Gasteiger charge is -2.60. The maximum atomic E-state index is 13.6. The highest BCUT2D eigenvalue weighted by Gasteiger charge is 2.63. The molecule has 4 aliphatic carbocycles. The van der Waals surface area contributed by atoms with Crippen LogP contribution >= 0.6 is 0 Å². The number of rotatable bonds is 4. The SMILES string of the molecule is CC(CCC(=O)O)[C@H]1CC[C@H]2[C@@H]3CCC4CC(N)CC[C@]4(C)[C@H]3CC(=O)[C@]12C. The van der Waals surface area contributed by atoms with Crippen molar-refractivity contribution >= 4 is 11.8 Å². The van der Waals surface area contributed by atoms with Gasteiger partial charge < -0.3 is 10.8 Å². The molecule has 9 atom stereocenters. The Morgan fingerprint density at radius 2 is 1.93 bits per heavy atom. The summed E-state index contributed by atoms with van der Waals surface area (Å²) >= 11 is 0. The molecule has 4 nitrogen and oxygen atoms in total. The van der Waals surface area contributed by atoms with E-state index in [2.05, 4.69) is 20.8 Å². The first-order valence-electron chi connectivity index (χ1n) is 11.7. The zero-order valence-electron chi connectivity index (χ0n) is 18.0. The molecule has 0 aromatic rings. The van der Waals surface area contributed by atoms with Gasteiger partial charge in [-0.1, -0.05) is 20.8 Å². The molecule has 4 saturated carbocycles. The zero-order chi connectivity index (χ0) is 20.3. The van der Waals surface area contributed by atoms with Crippen LogP contribution < -0.4 is 5.73 Å². The molecule has 4 fully saturated rings. The lowest BCUT2D eigenvalue weighted by molar-refractivity contribution is -0.158. The van der Waals surface area contributed by atoms with Gasteiger partial charge in [0, 0.05) is 24.3 Å². The molecule has 0 radical (unpaired) electrons. The molecule has 4 rings (SSSR count). The predicted octanol–water partition coefficient (Wildman–Crippen LogP) is 4.65. The van der Waals surface area contributed by atoms with E-state index in [1.165, 1.54) is 19.3 Å². The monoisotopic (exact) mass is 389 g/mol. The Labute approximate surface area is 170 Å². The zero-order valence-corrected chi connectivity index (χ0v) is 18.0. The van der Waals surface area contributed by atoms with E-state index >= 15 is 0 Å². The summed E-state index contributed by atoms with van der Waals surface area (Å²) in [5, 5.41) is 9.09. The van der Waals surface area contributed by atoms with Crippen molar-refractivity contribution in [3.63, 3.8) is 0 Å². The number of carboxylic acid groups (broad SMARTS) is 1. The summed E-state index contributed by atoms with van der Waals surface area (Å²) in [7, 11) is 0. The van der Waals surface area contributed by atoms with Gasteiger partial charge in [0.15, 0.2) is 0 Å². The van der Waals surface area contributed by atoms with Gasteiger partial charge in [-0.2, -0.15) is 0 Å². The molecule has 158 valence electrons. The first-order valence-corrected chi connectivity index (χ1v) is 11.7. The van der Waals surface area contributed by atoms with E-state index in [1.54, 1.807) is 0 Å². The fraction of sp³-hybridized carbons (Fsp3) is 0.917. The van der Waals surface area contributed by atoms with Crippen LogP contribution in [0.4, 0.5) is 0 Å². The molecule has 0 spiro atoms. The second-order valence-electron chi connectivity index (χ2n) is 11.2. The van der Waals surface area contributed by atoms with Crippen molar-refractivity contribution in [2.75, 3.05) is 0 Å². The molecular weight excluding hydrogens is 350 g/mol. The average molecular weight is 390 g/mol. The predicted molar refractivity (Wildman–Crippen MR) is 110 cm³/mol. The van der Waals surface area contributed by atoms with Gasteiger partial charge in [-0.3, -0.25) is 9.59 Å². The Morgan fingerprint density at radius 3 is 2.64 bits per heavy atom. The average Bonchev–Trinajstić information content (AvgIpc) is 3.00. The first-order chi connectivity index (χ1) is 13.2. The summed E-state index contributed by atoms with van der Waals surface area (Å²) in [5.74, 6) is 2.85. The molecule has 0 aromatic heterocycles. The minimum atomic E-state index is -0.719. The second-order valence-corrected chi connectivity index (χ2v) is 11.2.